The third-order valence-corrected chi connectivity index (χ3v) is 5.43. The smallest absolute Gasteiger partial charge is 0.292 e. The Kier molecular flexibility index (Phi) is 3.37. The zero-order valence-corrected chi connectivity index (χ0v) is 13.8. The van der Waals surface area contributed by atoms with Crippen LogP contribution in [0.1, 0.15) is 11.5 Å². The molecule has 1 aromatic rings. The van der Waals surface area contributed by atoms with Crippen molar-refractivity contribution in [2.75, 3.05) is 14.2 Å². The fourth-order valence-corrected chi connectivity index (χ4v) is 4.36. The lowest BCUT2D eigenvalue weighted by molar-refractivity contribution is -0.230. The van der Waals surface area contributed by atoms with Crippen LogP contribution in [0.25, 0.3) is 0 Å². The van der Waals surface area contributed by atoms with Crippen molar-refractivity contribution in [1.29, 1.82) is 10.5 Å². The molecule has 0 spiro atoms. The van der Waals surface area contributed by atoms with E-state index in [0.717, 1.165) is 0 Å². The van der Waals surface area contributed by atoms with Crippen LogP contribution in [0.15, 0.2) is 23.2 Å². The van der Waals surface area contributed by atoms with Crippen molar-refractivity contribution in [3.63, 3.8) is 0 Å². The second-order valence-electron chi connectivity index (χ2n) is 5.40. The van der Waals surface area contributed by atoms with Crippen LogP contribution in [0.5, 0.6) is 0 Å². The number of methoxy groups -OCH3 is 2. The number of hydrogen-bond acceptors (Lipinski definition) is 6. The summed E-state index contributed by atoms with van der Waals surface area (Å²) in [5.74, 6) is -2.41. The average molecular weight is 351 g/mol. The third kappa shape index (κ3) is 1.48. The van der Waals surface area contributed by atoms with Crippen LogP contribution in [0.2, 0.25) is 10.0 Å². The summed E-state index contributed by atoms with van der Waals surface area (Å²) in [6.07, 6.45) is 0. The first-order valence-corrected chi connectivity index (χ1v) is 7.40. The second-order valence-corrected chi connectivity index (χ2v) is 6.21. The van der Waals surface area contributed by atoms with E-state index in [2.05, 4.69) is 17.1 Å². The summed E-state index contributed by atoms with van der Waals surface area (Å²) in [6, 6.07) is 9.24. The van der Waals surface area contributed by atoms with E-state index in [4.69, 9.17) is 38.4 Å². The lowest BCUT2D eigenvalue weighted by Gasteiger charge is -2.29. The molecule has 0 bridgehead atoms. The summed E-state index contributed by atoms with van der Waals surface area (Å²) in [5, 5.41) is 20.4. The van der Waals surface area contributed by atoms with Gasteiger partial charge in [0.05, 0.1) is 12.1 Å². The largest absolute Gasteiger partial charge is 0.386 e. The van der Waals surface area contributed by atoms with Crippen molar-refractivity contribution in [3.05, 3.63) is 33.8 Å². The third-order valence-electron chi connectivity index (χ3n) is 4.77. The van der Waals surface area contributed by atoms with Crippen LogP contribution in [0.4, 0.5) is 0 Å². The van der Waals surface area contributed by atoms with Crippen molar-refractivity contribution in [1.82, 2.24) is 0 Å². The van der Waals surface area contributed by atoms with Crippen molar-refractivity contribution in [2.45, 2.75) is 11.8 Å². The van der Waals surface area contributed by atoms with E-state index in [1.807, 2.05) is 0 Å². The van der Waals surface area contributed by atoms with Crippen molar-refractivity contribution >= 4 is 29.0 Å². The van der Waals surface area contributed by atoms with Crippen molar-refractivity contribution in [3.8, 4) is 12.1 Å². The SMILES string of the molecule is COC1(OC)N=C(N)[C@@]2(C#N)[C@@H](c3c(Cl)cccc3Cl)[C@@]12C#N. The number of nitriles is 2. The summed E-state index contributed by atoms with van der Waals surface area (Å²) in [4.78, 5) is 4.13. The molecule has 3 rings (SSSR count). The van der Waals surface area contributed by atoms with Gasteiger partial charge in [0.15, 0.2) is 5.41 Å². The summed E-state index contributed by atoms with van der Waals surface area (Å²) >= 11 is 12.6. The Morgan fingerprint density at radius 1 is 1.17 bits per heavy atom. The van der Waals surface area contributed by atoms with Gasteiger partial charge in [0, 0.05) is 30.2 Å². The van der Waals surface area contributed by atoms with E-state index >= 15 is 0 Å². The molecule has 2 aliphatic rings. The molecule has 2 N–H and O–H groups in total. The summed E-state index contributed by atoms with van der Waals surface area (Å²) in [5.41, 5.74) is 3.62. The molecule has 0 aromatic heterocycles. The number of nitrogens with zero attached hydrogens (tertiary/aromatic N) is 3. The van der Waals surface area contributed by atoms with Crippen LogP contribution in [0.3, 0.4) is 0 Å². The molecule has 1 aliphatic carbocycles. The lowest BCUT2D eigenvalue weighted by Crippen LogP contribution is -2.41. The summed E-state index contributed by atoms with van der Waals surface area (Å²) in [7, 11) is 2.69. The highest BCUT2D eigenvalue weighted by Crippen LogP contribution is 2.82. The molecule has 0 saturated heterocycles. The molecule has 6 nitrogen and oxygen atoms in total. The molecule has 0 amide bonds. The quantitative estimate of drug-likeness (QED) is 0.842. The van der Waals surface area contributed by atoms with Gasteiger partial charge in [-0.2, -0.15) is 10.5 Å². The number of benzene rings is 1. The van der Waals surface area contributed by atoms with Gasteiger partial charge in [0.25, 0.3) is 5.91 Å². The maximum Gasteiger partial charge on any atom is 0.292 e. The maximum absolute atomic E-state index is 9.92. The van der Waals surface area contributed by atoms with E-state index < -0.39 is 22.7 Å². The number of nitrogens with two attached hydrogens (primary N) is 1. The predicted molar refractivity (Wildman–Crippen MR) is 83.7 cm³/mol. The molecule has 8 heteroatoms. The monoisotopic (exact) mass is 350 g/mol. The molecule has 1 heterocycles. The first-order chi connectivity index (χ1) is 10.9. The van der Waals surface area contributed by atoms with E-state index in [-0.39, 0.29) is 5.84 Å². The van der Waals surface area contributed by atoms with E-state index in [1.54, 1.807) is 18.2 Å². The minimum atomic E-state index is -1.69. The first kappa shape index (κ1) is 16.0. The number of hydrogen-bond donors (Lipinski definition) is 1. The number of amidine groups is 1. The highest BCUT2D eigenvalue weighted by molar-refractivity contribution is 6.36. The van der Waals surface area contributed by atoms with Gasteiger partial charge >= 0.3 is 0 Å². The van der Waals surface area contributed by atoms with Gasteiger partial charge in [0.1, 0.15) is 11.3 Å². The zero-order valence-electron chi connectivity index (χ0n) is 12.3. The average Bonchev–Trinajstić information content (AvgIpc) is 3.09. The van der Waals surface area contributed by atoms with Gasteiger partial charge in [-0.05, 0) is 17.7 Å². The number of fused-ring (bicyclic) bond motifs is 1. The molecule has 0 radical (unpaired) electrons. The molecule has 118 valence electrons. The van der Waals surface area contributed by atoms with Gasteiger partial charge in [0.2, 0.25) is 0 Å². The Hall–Kier alpha value is -1.83. The minimum Gasteiger partial charge on any atom is -0.386 e. The van der Waals surface area contributed by atoms with E-state index in [1.165, 1.54) is 14.2 Å². The predicted octanol–water partition coefficient (Wildman–Crippen LogP) is 2.43. The number of rotatable bonds is 3. The Morgan fingerprint density at radius 3 is 2.17 bits per heavy atom. The minimum absolute atomic E-state index is 0.0220. The molecular weight excluding hydrogens is 339 g/mol. The van der Waals surface area contributed by atoms with Gasteiger partial charge in [-0.25, -0.2) is 4.99 Å². The molecule has 23 heavy (non-hydrogen) atoms. The normalized spacial score (nSPS) is 33.3. The zero-order chi connectivity index (χ0) is 17.0. The fraction of sp³-hybridized carbons (Fsp3) is 0.400. The first-order valence-electron chi connectivity index (χ1n) is 6.65. The van der Waals surface area contributed by atoms with Crippen molar-refractivity contribution in [2.24, 2.45) is 21.6 Å². The molecule has 1 saturated carbocycles. The van der Waals surface area contributed by atoms with Crippen LogP contribution < -0.4 is 5.73 Å². The number of aliphatic imine (C=N–C) groups is 1. The van der Waals surface area contributed by atoms with Gasteiger partial charge in [-0.1, -0.05) is 29.3 Å². The summed E-state index contributed by atoms with van der Waals surface area (Å²) in [6.45, 7) is 0. The Morgan fingerprint density at radius 2 is 1.74 bits per heavy atom. The Balaban J connectivity index is 2.33. The highest BCUT2D eigenvalue weighted by atomic mass is 35.5. The van der Waals surface area contributed by atoms with Crippen LogP contribution in [0, 0.1) is 33.5 Å². The molecule has 1 fully saturated rings. The number of halogens is 2. The fourth-order valence-electron chi connectivity index (χ4n) is 3.74. The standard InChI is InChI=1S/C15H12Cl2N4O2/c1-22-15(23-2)14(7-19)11(13(14,6-18)12(20)21-15)10-8(16)4-3-5-9(10)17/h3-5,11H,1-2H3,(H2,20,21)/t11-,13-,14-/m1/s1. The summed E-state index contributed by atoms with van der Waals surface area (Å²) < 4.78 is 10.8. The molecule has 1 aromatic carbocycles. The van der Waals surface area contributed by atoms with Crippen molar-refractivity contribution < 1.29 is 9.47 Å². The topological polar surface area (TPSA) is 104 Å². The van der Waals surface area contributed by atoms with Crippen LogP contribution >= 0.6 is 23.2 Å². The Bertz CT molecular complexity index is 788. The Labute approximate surface area is 143 Å². The molecular formula is C15H12Cl2N4O2. The number of ether oxygens (including phenoxy) is 2. The molecule has 1 aliphatic heterocycles. The molecule has 0 unspecified atom stereocenters. The van der Waals surface area contributed by atoms with E-state index in [9.17, 15) is 10.5 Å². The maximum atomic E-state index is 9.92. The van der Waals surface area contributed by atoms with Gasteiger partial charge in [-0.3, -0.25) is 0 Å². The van der Waals surface area contributed by atoms with Crippen LogP contribution in [-0.2, 0) is 9.47 Å². The second kappa shape index (κ2) is 4.83. The lowest BCUT2D eigenvalue weighted by atomic mass is 9.93. The van der Waals surface area contributed by atoms with Crippen LogP contribution in [-0.4, -0.2) is 26.0 Å². The van der Waals surface area contributed by atoms with E-state index in [0.29, 0.717) is 15.6 Å². The van der Waals surface area contributed by atoms with Gasteiger partial charge < -0.3 is 15.2 Å². The van der Waals surface area contributed by atoms with Gasteiger partial charge in [-0.15, -0.1) is 0 Å². The molecule has 3 atom stereocenters. The highest BCUT2D eigenvalue weighted by Gasteiger charge is 2.94.